The molecule has 10 heteroatoms. The molecule has 0 aromatic heterocycles. The summed E-state index contributed by atoms with van der Waals surface area (Å²) in [5, 5.41) is 3.28. The van der Waals surface area contributed by atoms with Gasteiger partial charge in [0.15, 0.2) is 0 Å². The molecule has 3 aromatic rings. The van der Waals surface area contributed by atoms with Crippen molar-refractivity contribution in [3.63, 3.8) is 0 Å². The zero-order valence-corrected chi connectivity index (χ0v) is 25.6. The van der Waals surface area contributed by atoms with Crippen LogP contribution in [0.5, 0.6) is 0 Å². The van der Waals surface area contributed by atoms with Gasteiger partial charge in [-0.1, -0.05) is 65.6 Å². The highest BCUT2D eigenvalue weighted by molar-refractivity contribution is 9.10. The number of hydrogen-bond acceptors (Lipinski definition) is 4. The van der Waals surface area contributed by atoms with Crippen LogP contribution < -0.4 is 9.62 Å². The van der Waals surface area contributed by atoms with Crippen LogP contribution in [0.1, 0.15) is 31.9 Å². The minimum Gasteiger partial charge on any atom is -0.354 e. The Bertz CT molecular complexity index is 1410. The molecule has 0 aliphatic rings. The molecule has 0 saturated heterocycles. The molecule has 3 rings (SSSR count). The Morgan fingerprint density at radius 3 is 2.26 bits per heavy atom. The summed E-state index contributed by atoms with van der Waals surface area (Å²) in [6.45, 7) is 7.55. The highest BCUT2D eigenvalue weighted by atomic mass is 79.9. The number of nitrogens with one attached hydrogen (secondary N) is 1. The third-order valence-electron chi connectivity index (χ3n) is 6.06. The summed E-state index contributed by atoms with van der Waals surface area (Å²) < 4.78 is 29.6. The van der Waals surface area contributed by atoms with Crippen LogP contribution in [-0.4, -0.2) is 44.3 Å². The fourth-order valence-corrected chi connectivity index (χ4v) is 5.89. The predicted octanol–water partition coefficient (Wildman–Crippen LogP) is 5.80. The lowest BCUT2D eigenvalue weighted by Crippen LogP contribution is -2.51. The Morgan fingerprint density at radius 2 is 1.64 bits per heavy atom. The van der Waals surface area contributed by atoms with E-state index >= 15 is 0 Å². The van der Waals surface area contributed by atoms with Gasteiger partial charge in [-0.15, -0.1) is 0 Å². The maximum atomic E-state index is 13.9. The first kappa shape index (κ1) is 30.7. The van der Waals surface area contributed by atoms with Crippen molar-refractivity contribution < 1.29 is 18.0 Å². The van der Waals surface area contributed by atoms with Crippen molar-refractivity contribution in [1.82, 2.24) is 10.2 Å². The van der Waals surface area contributed by atoms with E-state index in [2.05, 4.69) is 21.2 Å². The quantitative estimate of drug-likeness (QED) is 0.289. The molecule has 0 heterocycles. The van der Waals surface area contributed by atoms with Gasteiger partial charge in [-0.3, -0.25) is 13.9 Å². The minimum atomic E-state index is -4.14. The van der Waals surface area contributed by atoms with Crippen LogP contribution in [0.2, 0.25) is 5.02 Å². The molecule has 0 aliphatic carbocycles. The van der Waals surface area contributed by atoms with E-state index in [-0.39, 0.29) is 23.3 Å². The number of carbonyl (C=O) groups excluding carboxylic acids is 2. The Morgan fingerprint density at radius 1 is 0.974 bits per heavy atom. The van der Waals surface area contributed by atoms with Gasteiger partial charge in [0.2, 0.25) is 11.8 Å². The molecule has 0 spiro atoms. The van der Waals surface area contributed by atoms with Crippen molar-refractivity contribution in [3.05, 3.63) is 93.4 Å². The van der Waals surface area contributed by atoms with Crippen molar-refractivity contribution in [1.29, 1.82) is 0 Å². The second kappa shape index (κ2) is 13.5. The molecule has 0 bridgehead atoms. The number of carbonyl (C=O) groups is 2. The van der Waals surface area contributed by atoms with Gasteiger partial charge in [0.1, 0.15) is 12.6 Å². The second-order valence-corrected chi connectivity index (χ2v) is 13.0. The molecule has 208 valence electrons. The molecule has 0 saturated carbocycles. The Labute approximate surface area is 244 Å². The van der Waals surface area contributed by atoms with Gasteiger partial charge >= 0.3 is 0 Å². The Balaban J connectivity index is 2.01. The molecule has 0 fully saturated rings. The molecular formula is C29H33BrClN3O4S. The molecule has 0 unspecified atom stereocenters. The van der Waals surface area contributed by atoms with Crippen molar-refractivity contribution in [2.75, 3.05) is 17.4 Å². The van der Waals surface area contributed by atoms with Gasteiger partial charge in [-0.05, 0) is 79.4 Å². The van der Waals surface area contributed by atoms with Crippen molar-refractivity contribution in [2.45, 2.75) is 45.2 Å². The highest BCUT2D eigenvalue weighted by Crippen LogP contribution is 2.26. The molecule has 39 heavy (non-hydrogen) atoms. The van der Waals surface area contributed by atoms with E-state index in [0.717, 1.165) is 19.9 Å². The second-order valence-electron chi connectivity index (χ2n) is 9.77. The number of benzene rings is 3. The molecule has 3 aromatic carbocycles. The van der Waals surface area contributed by atoms with E-state index in [4.69, 9.17) is 11.6 Å². The zero-order valence-electron chi connectivity index (χ0n) is 22.4. The van der Waals surface area contributed by atoms with Crippen LogP contribution in [0, 0.1) is 12.8 Å². The fourth-order valence-electron chi connectivity index (χ4n) is 3.91. The Hall–Kier alpha value is -2.88. The van der Waals surface area contributed by atoms with Crippen LogP contribution in [-0.2, 0) is 26.2 Å². The van der Waals surface area contributed by atoms with E-state index in [0.29, 0.717) is 17.3 Å². The van der Waals surface area contributed by atoms with Crippen molar-refractivity contribution in [3.8, 4) is 0 Å². The van der Waals surface area contributed by atoms with Crippen LogP contribution in [0.15, 0.2) is 82.2 Å². The van der Waals surface area contributed by atoms with Gasteiger partial charge < -0.3 is 10.2 Å². The van der Waals surface area contributed by atoms with Gasteiger partial charge in [-0.25, -0.2) is 8.42 Å². The lowest BCUT2D eigenvalue weighted by Gasteiger charge is -2.32. The van der Waals surface area contributed by atoms with E-state index in [1.807, 2.05) is 51.1 Å². The molecule has 1 atom stereocenters. The average Bonchev–Trinajstić information content (AvgIpc) is 2.88. The number of nitrogens with zero attached hydrogens (tertiary/aromatic N) is 2. The summed E-state index contributed by atoms with van der Waals surface area (Å²) >= 11 is 9.44. The summed E-state index contributed by atoms with van der Waals surface area (Å²) in [5.41, 5.74) is 1.98. The maximum Gasteiger partial charge on any atom is 0.264 e. The molecule has 1 N–H and O–H groups in total. The van der Waals surface area contributed by atoms with E-state index < -0.39 is 28.5 Å². The number of halogens is 2. The Kier molecular flexibility index (Phi) is 10.6. The first-order valence-corrected chi connectivity index (χ1v) is 15.2. The minimum absolute atomic E-state index is 0.00229. The summed E-state index contributed by atoms with van der Waals surface area (Å²) in [7, 11) is -4.14. The number of sulfonamides is 1. The van der Waals surface area contributed by atoms with Gasteiger partial charge in [0.25, 0.3) is 10.0 Å². The largest absolute Gasteiger partial charge is 0.354 e. The third kappa shape index (κ3) is 8.30. The summed E-state index contributed by atoms with van der Waals surface area (Å²) in [4.78, 5) is 28.4. The monoisotopic (exact) mass is 633 g/mol. The van der Waals surface area contributed by atoms with E-state index in [9.17, 15) is 18.0 Å². The molecule has 0 aliphatic heterocycles. The lowest BCUT2D eigenvalue weighted by molar-refractivity contribution is -0.139. The van der Waals surface area contributed by atoms with Crippen LogP contribution in [0.25, 0.3) is 0 Å². The normalized spacial score (nSPS) is 12.2. The smallest absolute Gasteiger partial charge is 0.264 e. The summed E-state index contributed by atoms with van der Waals surface area (Å²) in [6, 6.07) is 19.3. The van der Waals surface area contributed by atoms with Crippen LogP contribution >= 0.6 is 27.5 Å². The molecule has 7 nitrogen and oxygen atoms in total. The molecule has 2 amide bonds. The SMILES string of the molecule is Cc1cccc(N(CC(=O)N(Cc2cccc(Br)c2)[C@H](C)C(=O)NCC(C)C)S(=O)(=O)c2ccc(Cl)cc2)c1. The van der Waals surface area contributed by atoms with E-state index in [1.54, 1.807) is 25.1 Å². The van der Waals surface area contributed by atoms with Crippen molar-refractivity contribution >= 4 is 55.1 Å². The summed E-state index contributed by atoms with van der Waals surface area (Å²) in [5.74, 6) is -0.590. The van der Waals surface area contributed by atoms with E-state index in [1.165, 1.54) is 29.2 Å². The lowest BCUT2D eigenvalue weighted by atomic mass is 10.1. The zero-order chi connectivity index (χ0) is 28.7. The molecular weight excluding hydrogens is 602 g/mol. The average molecular weight is 635 g/mol. The van der Waals surface area contributed by atoms with Crippen LogP contribution in [0.3, 0.4) is 0 Å². The summed E-state index contributed by atoms with van der Waals surface area (Å²) in [6.07, 6.45) is 0. The molecule has 0 radical (unpaired) electrons. The first-order chi connectivity index (χ1) is 18.4. The number of anilines is 1. The van der Waals surface area contributed by atoms with Gasteiger partial charge in [0.05, 0.1) is 10.6 Å². The number of hydrogen-bond donors (Lipinski definition) is 1. The maximum absolute atomic E-state index is 13.9. The van der Waals surface area contributed by atoms with Crippen molar-refractivity contribution in [2.24, 2.45) is 5.92 Å². The number of aryl methyl sites for hydroxylation is 1. The predicted molar refractivity (Wildman–Crippen MR) is 159 cm³/mol. The number of rotatable bonds is 11. The van der Waals surface area contributed by atoms with Crippen LogP contribution in [0.4, 0.5) is 5.69 Å². The topological polar surface area (TPSA) is 86.8 Å². The first-order valence-electron chi connectivity index (χ1n) is 12.5. The standard InChI is InChI=1S/C29H33BrClN3O4S/c1-20(2)17-32-29(36)22(4)33(18-23-8-6-9-24(30)16-23)28(35)19-34(26-10-5-7-21(3)15-26)39(37,38)27-13-11-25(31)12-14-27/h5-16,20,22H,17-19H2,1-4H3,(H,32,36)/t22-/m1/s1. The van der Waals surface area contributed by atoms with Gasteiger partial charge in [-0.2, -0.15) is 0 Å². The fraction of sp³-hybridized carbons (Fsp3) is 0.310. The van der Waals surface area contributed by atoms with Gasteiger partial charge in [0, 0.05) is 22.6 Å². The number of amides is 2. The third-order valence-corrected chi connectivity index (χ3v) is 8.60. The highest BCUT2D eigenvalue weighted by Gasteiger charge is 2.32.